The molecule has 9 heteroatoms. The summed E-state index contributed by atoms with van der Waals surface area (Å²) >= 11 is 1.23. The lowest BCUT2D eigenvalue weighted by Crippen LogP contribution is -2.20. The lowest BCUT2D eigenvalue weighted by atomic mass is 10.2. The Morgan fingerprint density at radius 1 is 1.06 bits per heavy atom. The van der Waals surface area contributed by atoms with Crippen LogP contribution >= 0.6 is 11.8 Å². The Bertz CT molecular complexity index is 1280. The van der Waals surface area contributed by atoms with Crippen LogP contribution < -0.4 is 10.2 Å². The Labute approximate surface area is 200 Å². The predicted molar refractivity (Wildman–Crippen MR) is 131 cm³/mol. The number of rotatable bonds is 9. The van der Waals surface area contributed by atoms with Crippen molar-refractivity contribution in [2.75, 3.05) is 12.4 Å². The second-order valence-electron chi connectivity index (χ2n) is 7.04. The number of ether oxygens (including phenoxy) is 1. The van der Waals surface area contributed by atoms with Crippen molar-refractivity contribution in [1.29, 1.82) is 0 Å². The number of amides is 1. The van der Waals surface area contributed by atoms with Crippen LogP contribution in [0.25, 0.3) is 17.1 Å². The molecule has 0 radical (unpaired) electrons. The zero-order valence-electron chi connectivity index (χ0n) is 18.4. The van der Waals surface area contributed by atoms with Gasteiger partial charge in [0, 0.05) is 16.8 Å². The van der Waals surface area contributed by atoms with E-state index < -0.39 is 5.82 Å². The van der Waals surface area contributed by atoms with Crippen molar-refractivity contribution in [3.05, 3.63) is 90.2 Å². The molecule has 0 spiro atoms. The number of aromatic nitrogens is 3. The molecule has 0 bridgehead atoms. The third-order valence-electron chi connectivity index (χ3n) is 4.70. The third-order valence-corrected chi connectivity index (χ3v) is 5.63. The molecule has 0 aliphatic heterocycles. The number of carbonyl (C=O) groups is 1. The number of halogens is 1. The Hall–Kier alpha value is -3.98. The Morgan fingerprint density at radius 3 is 2.53 bits per heavy atom. The van der Waals surface area contributed by atoms with Gasteiger partial charge in [0.25, 0.3) is 5.91 Å². The average Bonchev–Trinajstić information content (AvgIpc) is 3.29. The van der Waals surface area contributed by atoms with E-state index in [9.17, 15) is 9.18 Å². The van der Waals surface area contributed by atoms with E-state index in [4.69, 9.17) is 4.74 Å². The van der Waals surface area contributed by atoms with Gasteiger partial charge in [-0.05, 0) is 37.3 Å². The normalized spacial score (nSPS) is 11.0. The molecule has 7 nitrogen and oxygen atoms in total. The summed E-state index contributed by atoms with van der Waals surface area (Å²) in [6.45, 7) is 2.51. The van der Waals surface area contributed by atoms with E-state index >= 15 is 0 Å². The molecule has 0 aliphatic carbocycles. The van der Waals surface area contributed by atoms with Crippen molar-refractivity contribution < 1.29 is 13.9 Å². The van der Waals surface area contributed by atoms with Crippen molar-refractivity contribution in [1.82, 2.24) is 20.2 Å². The molecule has 0 unspecified atom stereocenters. The summed E-state index contributed by atoms with van der Waals surface area (Å²) in [5.74, 6) is 0.720. The minimum atomic E-state index is -0.410. The van der Waals surface area contributed by atoms with Gasteiger partial charge >= 0.3 is 0 Å². The summed E-state index contributed by atoms with van der Waals surface area (Å²) in [7, 11) is 0. The van der Waals surface area contributed by atoms with E-state index in [0.29, 0.717) is 17.6 Å². The van der Waals surface area contributed by atoms with Crippen LogP contribution in [0.5, 0.6) is 5.75 Å². The van der Waals surface area contributed by atoms with Crippen LogP contribution in [0.4, 0.5) is 4.39 Å². The molecule has 3 aromatic carbocycles. The van der Waals surface area contributed by atoms with Gasteiger partial charge < -0.3 is 4.74 Å². The number of carbonyl (C=O) groups excluding carboxylic acids is 1. The van der Waals surface area contributed by atoms with Crippen molar-refractivity contribution in [3.8, 4) is 22.8 Å². The van der Waals surface area contributed by atoms with Crippen LogP contribution in [0.15, 0.2) is 89.1 Å². The van der Waals surface area contributed by atoms with E-state index in [1.807, 2.05) is 66.1 Å². The van der Waals surface area contributed by atoms with E-state index in [-0.39, 0.29) is 17.2 Å². The molecule has 1 heterocycles. The highest BCUT2D eigenvalue weighted by molar-refractivity contribution is 7.99. The van der Waals surface area contributed by atoms with Gasteiger partial charge in [0.15, 0.2) is 11.0 Å². The molecule has 4 rings (SSSR count). The zero-order valence-corrected chi connectivity index (χ0v) is 19.2. The van der Waals surface area contributed by atoms with Crippen molar-refractivity contribution in [2.45, 2.75) is 12.1 Å². The van der Waals surface area contributed by atoms with Gasteiger partial charge in [-0.3, -0.25) is 9.36 Å². The first-order valence-corrected chi connectivity index (χ1v) is 11.6. The summed E-state index contributed by atoms with van der Waals surface area (Å²) in [5.41, 5.74) is 4.45. The Morgan fingerprint density at radius 2 is 1.79 bits per heavy atom. The van der Waals surface area contributed by atoms with Gasteiger partial charge in [0.05, 0.1) is 18.6 Å². The monoisotopic (exact) mass is 475 g/mol. The maximum atomic E-state index is 13.7. The number of hydrogen-bond acceptors (Lipinski definition) is 6. The minimum absolute atomic E-state index is 0.0541. The van der Waals surface area contributed by atoms with Gasteiger partial charge in [-0.25, -0.2) is 9.82 Å². The largest absolute Gasteiger partial charge is 0.494 e. The SMILES string of the molecule is CCOc1ccc(-n2c(SCC(=O)NN=Cc3ccccc3F)nnc2-c2ccccc2)cc1. The summed E-state index contributed by atoms with van der Waals surface area (Å²) in [6.07, 6.45) is 1.27. The van der Waals surface area contributed by atoms with Gasteiger partial charge in [-0.1, -0.05) is 60.3 Å². The summed E-state index contributed by atoms with van der Waals surface area (Å²) in [4.78, 5) is 12.3. The summed E-state index contributed by atoms with van der Waals surface area (Å²) in [5, 5.41) is 13.1. The molecule has 172 valence electrons. The smallest absolute Gasteiger partial charge is 0.250 e. The number of benzene rings is 3. The predicted octanol–water partition coefficient (Wildman–Crippen LogP) is 4.71. The molecule has 0 aliphatic rings. The molecule has 1 aromatic heterocycles. The van der Waals surface area contributed by atoms with Crippen LogP contribution in [0, 0.1) is 5.82 Å². The van der Waals surface area contributed by atoms with Crippen LogP contribution in [0.3, 0.4) is 0 Å². The standard InChI is InChI=1S/C25H22FN5O2S/c1-2-33-21-14-12-20(13-15-21)31-24(18-8-4-3-5-9-18)29-30-25(31)34-17-23(32)28-27-16-19-10-6-7-11-22(19)26/h3-16H,2,17H2,1H3,(H,28,32). The number of nitrogens with one attached hydrogen (secondary N) is 1. The van der Waals surface area contributed by atoms with Gasteiger partial charge in [0.2, 0.25) is 0 Å². The number of nitrogens with zero attached hydrogens (tertiary/aromatic N) is 4. The fraction of sp³-hybridized carbons (Fsp3) is 0.120. The molecule has 1 amide bonds. The third kappa shape index (κ3) is 5.68. The lowest BCUT2D eigenvalue weighted by Gasteiger charge is -2.11. The second-order valence-corrected chi connectivity index (χ2v) is 7.98. The molecule has 0 fully saturated rings. The quantitative estimate of drug-likeness (QED) is 0.215. The lowest BCUT2D eigenvalue weighted by molar-refractivity contribution is -0.118. The Kier molecular flexibility index (Phi) is 7.67. The van der Waals surface area contributed by atoms with Crippen LogP contribution in [0.1, 0.15) is 12.5 Å². The number of thioether (sulfide) groups is 1. The number of hydrogen-bond donors (Lipinski definition) is 1. The summed E-state index contributed by atoms with van der Waals surface area (Å²) in [6, 6.07) is 23.5. The molecular weight excluding hydrogens is 453 g/mol. The fourth-order valence-corrected chi connectivity index (χ4v) is 3.89. The highest BCUT2D eigenvalue weighted by Crippen LogP contribution is 2.28. The molecule has 0 saturated carbocycles. The van der Waals surface area contributed by atoms with E-state index in [0.717, 1.165) is 17.0 Å². The first-order chi connectivity index (χ1) is 16.7. The summed E-state index contributed by atoms with van der Waals surface area (Å²) < 4.78 is 21.1. The minimum Gasteiger partial charge on any atom is -0.494 e. The highest BCUT2D eigenvalue weighted by Gasteiger charge is 2.17. The van der Waals surface area contributed by atoms with Gasteiger partial charge in [-0.2, -0.15) is 5.10 Å². The van der Waals surface area contributed by atoms with E-state index in [1.165, 1.54) is 24.0 Å². The van der Waals surface area contributed by atoms with E-state index in [2.05, 4.69) is 20.7 Å². The number of hydrazone groups is 1. The molecule has 4 aromatic rings. The first kappa shape index (κ1) is 23.2. The van der Waals surface area contributed by atoms with Crippen molar-refractivity contribution in [2.24, 2.45) is 5.10 Å². The molecule has 0 saturated heterocycles. The van der Waals surface area contributed by atoms with Crippen LogP contribution in [-0.4, -0.2) is 39.2 Å². The van der Waals surface area contributed by atoms with Gasteiger partial charge in [0.1, 0.15) is 11.6 Å². The maximum absolute atomic E-state index is 13.7. The van der Waals surface area contributed by atoms with Crippen molar-refractivity contribution >= 4 is 23.9 Å². The maximum Gasteiger partial charge on any atom is 0.250 e. The Balaban J connectivity index is 1.51. The highest BCUT2D eigenvalue weighted by atomic mass is 32.2. The second kappa shape index (κ2) is 11.2. The molecule has 34 heavy (non-hydrogen) atoms. The molecule has 0 atom stereocenters. The topological polar surface area (TPSA) is 81.4 Å². The zero-order chi connectivity index (χ0) is 23.8. The molecular formula is C25H22FN5O2S. The average molecular weight is 476 g/mol. The van der Waals surface area contributed by atoms with E-state index in [1.54, 1.807) is 18.2 Å². The first-order valence-electron chi connectivity index (χ1n) is 10.6. The molecule has 1 N–H and O–H groups in total. The van der Waals surface area contributed by atoms with Crippen LogP contribution in [-0.2, 0) is 4.79 Å². The van der Waals surface area contributed by atoms with Crippen molar-refractivity contribution in [3.63, 3.8) is 0 Å². The fourth-order valence-electron chi connectivity index (χ4n) is 3.14. The van der Waals surface area contributed by atoms with Gasteiger partial charge in [-0.15, -0.1) is 10.2 Å². The van der Waals surface area contributed by atoms with Crippen LogP contribution in [0.2, 0.25) is 0 Å².